The maximum atomic E-state index is 6.81. The van der Waals surface area contributed by atoms with Crippen molar-refractivity contribution in [3.8, 4) is 45.3 Å². The highest BCUT2D eigenvalue weighted by Gasteiger charge is 2.22. The van der Waals surface area contributed by atoms with E-state index in [0.717, 1.165) is 82.5 Å². The third kappa shape index (κ3) is 4.62. The van der Waals surface area contributed by atoms with Crippen molar-refractivity contribution >= 4 is 86.2 Å². The molecule has 0 radical (unpaired) electrons. The SMILES string of the molecule is c1ccc2cc(-c3nc(-c4cccc5oc6c(-c7cccc8oc9ccccc9c78)cccc6c45)nc(-c4cccc5sc6ccccc6c45)n3)ccc2c1. The number of furan rings is 2. The monoisotopic (exact) mass is 721 g/mol. The van der Waals surface area contributed by atoms with Gasteiger partial charge in [0, 0.05) is 64.0 Å². The van der Waals surface area contributed by atoms with Crippen molar-refractivity contribution < 1.29 is 8.83 Å². The third-order valence-electron chi connectivity index (χ3n) is 10.7. The Kier molecular flexibility index (Phi) is 6.44. The zero-order valence-corrected chi connectivity index (χ0v) is 30.0. The summed E-state index contributed by atoms with van der Waals surface area (Å²) < 4.78 is 15.5. The molecule has 0 unspecified atom stereocenters. The van der Waals surface area contributed by atoms with Gasteiger partial charge in [-0.3, -0.25) is 0 Å². The number of fused-ring (bicyclic) bond motifs is 10. The van der Waals surface area contributed by atoms with Crippen LogP contribution in [0.1, 0.15) is 0 Å². The van der Waals surface area contributed by atoms with Gasteiger partial charge in [0.15, 0.2) is 17.5 Å². The molecule has 0 saturated heterocycles. The van der Waals surface area contributed by atoms with Crippen LogP contribution in [0, 0.1) is 0 Å². The molecule has 4 aromatic heterocycles. The van der Waals surface area contributed by atoms with Gasteiger partial charge in [-0.2, -0.15) is 0 Å². The number of rotatable bonds is 4. The zero-order valence-electron chi connectivity index (χ0n) is 29.2. The second-order valence-corrected chi connectivity index (χ2v) is 15.0. The first-order valence-corrected chi connectivity index (χ1v) is 19.1. The lowest BCUT2D eigenvalue weighted by Crippen LogP contribution is -2.00. The summed E-state index contributed by atoms with van der Waals surface area (Å²) in [5.74, 6) is 1.84. The van der Waals surface area contributed by atoms with Crippen LogP contribution >= 0.6 is 11.3 Å². The summed E-state index contributed by atoms with van der Waals surface area (Å²) in [6, 6.07) is 56.7. The lowest BCUT2D eigenvalue weighted by atomic mass is 9.97. The number of nitrogens with zero attached hydrogens (tertiary/aromatic N) is 3. The topological polar surface area (TPSA) is 65.0 Å². The van der Waals surface area contributed by atoms with Gasteiger partial charge in [0.05, 0.1) is 0 Å². The molecule has 4 heterocycles. The number of thiophene rings is 1. The Bertz CT molecular complexity index is 3520. The maximum Gasteiger partial charge on any atom is 0.164 e. The summed E-state index contributed by atoms with van der Waals surface area (Å²) in [5.41, 5.74) is 8.14. The number of hydrogen-bond acceptors (Lipinski definition) is 6. The van der Waals surface area contributed by atoms with Crippen LogP contribution in [0.5, 0.6) is 0 Å². The molecule has 0 aliphatic carbocycles. The van der Waals surface area contributed by atoms with E-state index in [1.807, 2.05) is 36.4 Å². The van der Waals surface area contributed by atoms with Crippen molar-refractivity contribution in [2.75, 3.05) is 0 Å². The molecular weight excluding hydrogens is 695 g/mol. The highest BCUT2D eigenvalue weighted by Crippen LogP contribution is 2.44. The first kappa shape index (κ1) is 30.3. The van der Waals surface area contributed by atoms with Gasteiger partial charge in [-0.05, 0) is 52.7 Å². The molecule has 55 heavy (non-hydrogen) atoms. The van der Waals surface area contributed by atoms with E-state index in [4.69, 9.17) is 23.8 Å². The molecule has 0 amide bonds. The fraction of sp³-hybridized carbons (Fsp3) is 0. The minimum Gasteiger partial charge on any atom is -0.456 e. The van der Waals surface area contributed by atoms with Gasteiger partial charge >= 0.3 is 0 Å². The molecule has 0 N–H and O–H groups in total. The lowest BCUT2D eigenvalue weighted by molar-refractivity contribution is 0.668. The Hall–Kier alpha value is -7.15. The molecule has 12 aromatic rings. The van der Waals surface area contributed by atoms with Crippen molar-refractivity contribution in [1.29, 1.82) is 0 Å². The Morgan fingerprint density at radius 2 is 0.945 bits per heavy atom. The van der Waals surface area contributed by atoms with Crippen molar-refractivity contribution in [1.82, 2.24) is 15.0 Å². The molecular formula is C49H27N3O2S. The van der Waals surface area contributed by atoms with Gasteiger partial charge in [-0.1, -0.05) is 127 Å². The van der Waals surface area contributed by atoms with E-state index in [2.05, 4.69) is 127 Å². The van der Waals surface area contributed by atoms with Crippen LogP contribution in [-0.2, 0) is 0 Å². The van der Waals surface area contributed by atoms with Crippen molar-refractivity contribution in [3.05, 3.63) is 164 Å². The molecule has 12 rings (SSSR count). The standard InChI is InChI=1S/C49H27N3O2S/c1-2-12-29-27-30(26-25-28(29)11-1)47-50-48(52-49(51-47)37-19-10-24-42-45(37)34-14-4-6-23-41(34)55-42)36-18-9-22-40-44(36)35-17-7-16-32(46(35)54-40)31-15-8-21-39-43(31)33-13-3-5-20-38(33)53-39/h1-27H. The lowest BCUT2D eigenvalue weighted by Gasteiger charge is -2.11. The molecule has 6 heteroatoms. The molecule has 0 bridgehead atoms. The van der Waals surface area contributed by atoms with Crippen LogP contribution in [-0.4, -0.2) is 15.0 Å². The van der Waals surface area contributed by atoms with E-state index < -0.39 is 0 Å². The molecule has 0 spiro atoms. The first-order valence-electron chi connectivity index (χ1n) is 18.3. The van der Waals surface area contributed by atoms with Gasteiger partial charge < -0.3 is 8.83 Å². The Morgan fingerprint density at radius 1 is 0.364 bits per heavy atom. The number of hydrogen-bond donors (Lipinski definition) is 0. The van der Waals surface area contributed by atoms with Crippen LogP contribution in [0.4, 0.5) is 0 Å². The number of aromatic nitrogens is 3. The van der Waals surface area contributed by atoms with E-state index >= 15 is 0 Å². The molecule has 256 valence electrons. The zero-order chi connectivity index (χ0) is 36.0. The molecule has 5 nitrogen and oxygen atoms in total. The van der Waals surface area contributed by atoms with Gasteiger partial charge in [0.25, 0.3) is 0 Å². The summed E-state index contributed by atoms with van der Waals surface area (Å²) in [6.07, 6.45) is 0. The normalized spacial score (nSPS) is 12.0. The van der Waals surface area contributed by atoms with Crippen LogP contribution in [0.15, 0.2) is 173 Å². The van der Waals surface area contributed by atoms with Crippen molar-refractivity contribution in [3.63, 3.8) is 0 Å². The quantitative estimate of drug-likeness (QED) is 0.181. The summed E-state index contributed by atoms with van der Waals surface area (Å²) >= 11 is 1.79. The maximum absolute atomic E-state index is 6.81. The minimum absolute atomic E-state index is 0.589. The summed E-state index contributed by atoms with van der Waals surface area (Å²) in [4.78, 5) is 15.8. The molecule has 8 aromatic carbocycles. The molecule has 0 aliphatic rings. The predicted octanol–water partition coefficient (Wildman–Crippen LogP) is 13.9. The van der Waals surface area contributed by atoms with Gasteiger partial charge in [-0.25, -0.2) is 15.0 Å². The first-order chi connectivity index (χ1) is 27.2. The van der Waals surface area contributed by atoms with Crippen LogP contribution < -0.4 is 0 Å². The average molecular weight is 722 g/mol. The summed E-state index contributed by atoms with van der Waals surface area (Å²) in [5, 5.41) is 8.76. The Balaban J connectivity index is 1.12. The smallest absolute Gasteiger partial charge is 0.164 e. The second-order valence-electron chi connectivity index (χ2n) is 13.9. The number of benzene rings is 8. The van der Waals surface area contributed by atoms with Crippen molar-refractivity contribution in [2.24, 2.45) is 0 Å². The highest BCUT2D eigenvalue weighted by molar-refractivity contribution is 7.25. The minimum atomic E-state index is 0.589. The van der Waals surface area contributed by atoms with E-state index in [1.54, 1.807) is 11.3 Å². The second kappa shape index (κ2) is 11.7. The van der Waals surface area contributed by atoms with Crippen molar-refractivity contribution in [2.45, 2.75) is 0 Å². The Labute approximate surface area is 317 Å². The molecule has 0 atom stereocenters. The van der Waals surface area contributed by atoms with E-state index in [-0.39, 0.29) is 0 Å². The molecule has 0 fully saturated rings. The predicted molar refractivity (Wildman–Crippen MR) is 227 cm³/mol. The average Bonchev–Trinajstić information content (AvgIpc) is 3.95. The van der Waals surface area contributed by atoms with E-state index in [1.165, 1.54) is 20.2 Å². The molecule has 0 aliphatic heterocycles. The third-order valence-corrected chi connectivity index (χ3v) is 11.9. The summed E-state index contributed by atoms with van der Waals surface area (Å²) in [6.45, 7) is 0. The fourth-order valence-electron chi connectivity index (χ4n) is 8.28. The van der Waals surface area contributed by atoms with Crippen LogP contribution in [0.25, 0.3) is 120 Å². The highest BCUT2D eigenvalue weighted by atomic mass is 32.1. The van der Waals surface area contributed by atoms with E-state index in [0.29, 0.717) is 17.5 Å². The van der Waals surface area contributed by atoms with E-state index in [9.17, 15) is 0 Å². The Morgan fingerprint density at radius 3 is 1.82 bits per heavy atom. The van der Waals surface area contributed by atoms with Crippen LogP contribution in [0.2, 0.25) is 0 Å². The number of para-hydroxylation sites is 2. The largest absolute Gasteiger partial charge is 0.456 e. The fourth-order valence-corrected chi connectivity index (χ4v) is 9.41. The van der Waals surface area contributed by atoms with Gasteiger partial charge in [0.2, 0.25) is 0 Å². The molecule has 0 saturated carbocycles. The van der Waals surface area contributed by atoms with Crippen LogP contribution in [0.3, 0.4) is 0 Å². The summed E-state index contributed by atoms with van der Waals surface area (Å²) in [7, 11) is 0. The van der Waals surface area contributed by atoms with Gasteiger partial charge in [-0.15, -0.1) is 11.3 Å². The van der Waals surface area contributed by atoms with Gasteiger partial charge in [0.1, 0.15) is 22.3 Å².